The minimum absolute atomic E-state index is 0. The van der Waals surface area contributed by atoms with Crippen LogP contribution in [0.25, 0.3) is 0 Å². The lowest BCUT2D eigenvalue weighted by Crippen LogP contribution is -2.44. The van der Waals surface area contributed by atoms with Crippen LogP contribution in [0.3, 0.4) is 0 Å². The van der Waals surface area contributed by atoms with E-state index in [9.17, 15) is 4.79 Å². The number of amides is 1. The van der Waals surface area contributed by atoms with Gasteiger partial charge in [-0.05, 0) is 31.6 Å². The minimum atomic E-state index is -0.396. The van der Waals surface area contributed by atoms with Crippen LogP contribution in [0.1, 0.15) is 39.5 Å². The molecule has 0 saturated carbocycles. The van der Waals surface area contributed by atoms with Crippen LogP contribution in [0.5, 0.6) is 0 Å². The Kier molecular flexibility index (Phi) is 8.56. The van der Waals surface area contributed by atoms with Crippen LogP contribution < -0.4 is 11.1 Å². The molecule has 0 aromatic rings. The molecule has 3 N–H and O–H groups in total. The smallest absolute Gasteiger partial charge is 0.237 e. The Hall–Kier alpha value is -0.320. The fourth-order valence-electron chi connectivity index (χ4n) is 1.81. The first-order valence-corrected chi connectivity index (χ1v) is 6.26. The van der Waals surface area contributed by atoms with Crippen molar-refractivity contribution in [2.24, 2.45) is 11.7 Å². The van der Waals surface area contributed by atoms with E-state index in [1.807, 2.05) is 13.8 Å². The molecule has 1 fully saturated rings. The summed E-state index contributed by atoms with van der Waals surface area (Å²) in [5, 5.41) is 2.87. The lowest BCUT2D eigenvalue weighted by atomic mass is 10.0. The van der Waals surface area contributed by atoms with Crippen molar-refractivity contribution in [2.75, 3.05) is 13.2 Å². The molecular weight excluding hydrogens is 240 g/mol. The molecule has 0 aromatic carbocycles. The molecule has 102 valence electrons. The highest BCUT2D eigenvalue weighted by atomic mass is 35.5. The second-order valence-corrected chi connectivity index (χ2v) is 4.84. The molecule has 0 aliphatic carbocycles. The van der Waals surface area contributed by atoms with Crippen molar-refractivity contribution >= 4 is 18.3 Å². The number of ether oxygens (including phenoxy) is 1. The van der Waals surface area contributed by atoms with E-state index in [4.69, 9.17) is 10.5 Å². The van der Waals surface area contributed by atoms with E-state index >= 15 is 0 Å². The Morgan fingerprint density at radius 1 is 1.47 bits per heavy atom. The second kappa shape index (κ2) is 8.72. The Bertz CT molecular complexity index is 219. The summed E-state index contributed by atoms with van der Waals surface area (Å²) >= 11 is 0. The summed E-state index contributed by atoms with van der Waals surface area (Å²) in [6.07, 6.45) is 4.75. The van der Waals surface area contributed by atoms with E-state index in [1.54, 1.807) is 0 Å². The van der Waals surface area contributed by atoms with Crippen LogP contribution in [0.2, 0.25) is 0 Å². The van der Waals surface area contributed by atoms with Gasteiger partial charge < -0.3 is 15.8 Å². The van der Waals surface area contributed by atoms with Crippen molar-refractivity contribution in [3.05, 3.63) is 0 Å². The Labute approximate surface area is 110 Å². The van der Waals surface area contributed by atoms with Crippen molar-refractivity contribution in [2.45, 2.75) is 51.7 Å². The fourth-order valence-corrected chi connectivity index (χ4v) is 1.81. The maximum atomic E-state index is 11.5. The van der Waals surface area contributed by atoms with Crippen LogP contribution in [0.4, 0.5) is 0 Å². The third-order valence-corrected chi connectivity index (χ3v) is 3.06. The summed E-state index contributed by atoms with van der Waals surface area (Å²) in [5.74, 6) is 0.136. The normalized spacial score (nSPS) is 21.8. The zero-order valence-electron chi connectivity index (χ0n) is 10.8. The van der Waals surface area contributed by atoms with Gasteiger partial charge in [0.2, 0.25) is 5.91 Å². The van der Waals surface area contributed by atoms with E-state index in [0.29, 0.717) is 12.6 Å². The highest BCUT2D eigenvalue weighted by Gasteiger charge is 2.18. The van der Waals surface area contributed by atoms with E-state index in [0.717, 1.165) is 19.4 Å². The van der Waals surface area contributed by atoms with E-state index in [1.165, 1.54) is 12.8 Å². The van der Waals surface area contributed by atoms with Crippen molar-refractivity contribution in [1.82, 2.24) is 5.32 Å². The van der Waals surface area contributed by atoms with Crippen LogP contribution >= 0.6 is 12.4 Å². The largest absolute Gasteiger partial charge is 0.378 e. The van der Waals surface area contributed by atoms with Crippen molar-refractivity contribution < 1.29 is 9.53 Å². The van der Waals surface area contributed by atoms with Crippen molar-refractivity contribution in [3.63, 3.8) is 0 Å². The van der Waals surface area contributed by atoms with Gasteiger partial charge in [0.1, 0.15) is 0 Å². The number of carbonyl (C=O) groups excluding carboxylic acids is 1. The first kappa shape index (κ1) is 16.7. The fraction of sp³-hybridized carbons (Fsp3) is 0.917. The van der Waals surface area contributed by atoms with E-state index in [2.05, 4.69) is 5.32 Å². The molecular formula is C12H25ClN2O2. The average Bonchev–Trinajstić information content (AvgIpc) is 2.29. The molecule has 1 rings (SSSR count). The third kappa shape index (κ3) is 6.24. The highest BCUT2D eigenvalue weighted by Crippen LogP contribution is 2.14. The van der Waals surface area contributed by atoms with Gasteiger partial charge in [0.25, 0.3) is 0 Å². The summed E-state index contributed by atoms with van der Waals surface area (Å²) in [4.78, 5) is 11.5. The van der Waals surface area contributed by atoms with Gasteiger partial charge in [-0.15, -0.1) is 12.4 Å². The quantitative estimate of drug-likeness (QED) is 0.790. The lowest BCUT2D eigenvalue weighted by Gasteiger charge is -2.23. The van der Waals surface area contributed by atoms with Crippen molar-refractivity contribution in [3.8, 4) is 0 Å². The van der Waals surface area contributed by atoms with Crippen molar-refractivity contribution in [1.29, 1.82) is 0 Å². The van der Waals surface area contributed by atoms with E-state index < -0.39 is 6.04 Å². The predicted octanol–water partition coefficient (Wildman–Crippen LogP) is 1.47. The lowest BCUT2D eigenvalue weighted by molar-refractivity contribution is -0.123. The first-order chi connectivity index (χ1) is 7.61. The monoisotopic (exact) mass is 264 g/mol. The minimum Gasteiger partial charge on any atom is -0.378 e. The molecule has 1 amide bonds. The third-order valence-electron chi connectivity index (χ3n) is 3.06. The Balaban J connectivity index is 0.00000256. The maximum absolute atomic E-state index is 11.5. The number of nitrogens with one attached hydrogen (secondary N) is 1. The molecule has 1 saturated heterocycles. The van der Waals surface area contributed by atoms with Gasteiger partial charge in [0.05, 0.1) is 12.1 Å². The molecule has 2 atom stereocenters. The SMILES string of the molecule is CC(C)C(N)C(=O)NCCC1CCCCO1.Cl. The standard InChI is InChI=1S/C12H24N2O2.ClH/c1-9(2)11(13)12(15)14-7-6-10-5-3-4-8-16-10;/h9-11H,3-8,13H2,1-2H3,(H,14,15);1H. The topological polar surface area (TPSA) is 64.4 Å². The van der Waals surface area contributed by atoms with Gasteiger partial charge in [-0.2, -0.15) is 0 Å². The summed E-state index contributed by atoms with van der Waals surface area (Å²) in [6, 6.07) is -0.396. The van der Waals surface area contributed by atoms with Gasteiger partial charge in [0.15, 0.2) is 0 Å². The van der Waals surface area contributed by atoms with Crippen LogP contribution in [-0.2, 0) is 9.53 Å². The number of nitrogens with two attached hydrogens (primary N) is 1. The number of rotatable bonds is 5. The predicted molar refractivity (Wildman–Crippen MR) is 71.3 cm³/mol. The Morgan fingerprint density at radius 2 is 2.18 bits per heavy atom. The van der Waals surface area contributed by atoms with Crippen LogP contribution in [-0.4, -0.2) is 31.2 Å². The maximum Gasteiger partial charge on any atom is 0.237 e. The molecule has 1 aliphatic heterocycles. The van der Waals surface area contributed by atoms with Gasteiger partial charge in [-0.25, -0.2) is 0 Å². The molecule has 0 bridgehead atoms. The second-order valence-electron chi connectivity index (χ2n) is 4.84. The molecule has 0 radical (unpaired) electrons. The molecule has 17 heavy (non-hydrogen) atoms. The van der Waals surface area contributed by atoms with Crippen LogP contribution in [0.15, 0.2) is 0 Å². The van der Waals surface area contributed by atoms with Gasteiger partial charge in [-0.1, -0.05) is 13.8 Å². The number of carbonyl (C=O) groups is 1. The van der Waals surface area contributed by atoms with E-state index in [-0.39, 0.29) is 24.2 Å². The van der Waals surface area contributed by atoms with Gasteiger partial charge >= 0.3 is 0 Å². The molecule has 2 unspecified atom stereocenters. The average molecular weight is 265 g/mol. The molecule has 1 heterocycles. The van der Waals surface area contributed by atoms with Crippen LogP contribution in [0, 0.1) is 5.92 Å². The molecule has 0 spiro atoms. The zero-order chi connectivity index (χ0) is 12.0. The summed E-state index contributed by atoms with van der Waals surface area (Å²) < 4.78 is 5.59. The molecule has 5 heteroatoms. The molecule has 1 aliphatic rings. The summed E-state index contributed by atoms with van der Waals surface area (Å²) in [5.41, 5.74) is 5.74. The number of halogens is 1. The number of hydrogen-bond donors (Lipinski definition) is 2. The summed E-state index contributed by atoms with van der Waals surface area (Å²) in [6.45, 7) is 5.44. The highest BCUT2D eigenvalue weighted by molar-refractivity contribution is 5.85. The molecule has 0 aromatic heterocycles. The first-order valence-electron chi connectivity index (χ1n) is 6.26. The zero-order valence-corrected chi connectivity index (χ0v) is 11.6. The molecule has 4 nitrogen and oxygen atoms in total. The van der Waals surface area contributed by atoms with Gasteiger partial charge in [0, 0.05) is 13.2 Å². The number of hydrogen-bond acceptors (Lipinski definition) is 3. The Morgan fingerprint density at radius 3 is 2.71 bits per heavy atom. The van der Waals surface area contributed by atoms with Gasteiger partial charge in [-0.3, -0.25) is 4.79 Å². The summed E-state index contributed by atoms with van der Waals surface area (Å²) in [7, 11) is 0.